The van der Waals surface area contributed by atoms with E-state index in [2.05, 4.69) is 519 Å². The van der Waals surface area contributed by atoms with E-state index in [1.165, 1.54) is 0 Å². The SMILES string of the molecule is CN(C)P(=NC1=C(N=P(N(C)C)(N(C)C)N(C)C)n2ccc3c(N=P(N(C)C)(N(C)C)N(C)C)c4cc(N=P(N(C)C)(N(C)C)N(C)C)c5c(N=P(N(C)C)(N(C)C)N(C)C)cc6c(N=P(N(C)C)(N(C)C)N(C)C)c7ccn8c(cc7nc6c5c4nc3cc2N1)NC(N=P(N(C)C)(N(C)C)N(C)C)=C8N=P(N(C)C)(N(C)C)N(C)C)(N(C)C)N(C)C. The van der Waals surface area contributed by atoms with Crippen LogP contribution in [0.25, 0.3) is 66.0 Å². The third-order valence-electron chi connectivity index (χ3n) is 22.3. The van der Waals surface area contributed by atoms with Crippen molar-refractivity contribution >= 4 is 160 Å². The summed E-state index contributed by atoms with van der Waals surface area (Å²) in [6.45, 7) is 0. The van der Waals surface area contributed by atoms with Gasteiger partial charge in [0.15, 0.2) is 83.3 Å². The summed E-state index contributed by atoms with van der Waals surface area (Å²) in [7, 11) is 79.2. The molecule has 2 aliphatic heterocycles. The van der Waals surface area contributed by atoms with Crippen LogP contribution in [0.2, 0.25) is 0 Å². The molecule has 0 radical (unpaired) electrons. The molecule has 46 heteroatoms. The summed E-state index contributed by atoms with van der Waals surface area (Å²) in [5, 5.41) is 12.5. The molecule has 0 saturated carbocycles. The Balaban J connectivity index is 1.98. The molecule has 0 spiro atoms. The highest BCUT2D eigenvalue weighted by atomic mass is 31.2. The van der Waals surface area contributed by atoms with Gasteiger partial charge in [0.1, 0.15) is 11.6 Å². The Morgan fingerprint density at radius 2 is 0.426 bits per heavy atom. The summed E-state index contributed by atoms with van der Waals surface area (Å²) in [5.41, 5.74) is 5.26. The van der Waals surface area contributed by atoms with Gasteiger partial charge in [-0.05, 0) is 363 Å². The molecule has 122 heavy (non-hydrogen) atoms. The van der Waals surface area contributed by atoms with Crippen LogP contribution in [0.1, 0.15) is 0 Å². The highest BCUT2D eigenvalue weighted by Crippen LogP contribution is 2.68. The molecule has 2 N–H and O–H groups in total. The van der Waals surface area contributed by atoms with Crippen LogP contribution in [0.4, 0.5) is 34.4 Å². The van der Waals surface area contributed by atoms with Crippen molar-refractivity contribution < 1.29 is 0 Å². The Hall–Kier alpha value is -3.96. The third kappa shape index (κ3) is 17.3. The Morgan fingerprint density at radius 1 is 0.230 bits per heavy atom. The first-order chi connectivity index (χ1) is 56.2. The van der Waals surface area contributed by atoms with Crippen molar-refractivity contribution in [2.75, 3.05) is 349 Å². The number of nitrogens with one attached hydrogen (secondary N) is 2. The summed E-state index contributed by atoms with van der Waals surface area (Å²) in [6.07, 6.45) is 4.26. The number of pyridine rings is 2. The molecule has 8 rings (SSSR count). The smallest absolute Gasteiger partial charge is 0.184 e. The fourth-order valence-electron chi connectivity index (χ4n) is 18.1. The second kappa shape index (κ2) is 38.6. The molecule has 6 heterocycles. The molecule has 38 nitrogen and oxygen atoms in total. The van der Waals surface area contributed by atoms with E-state index in [1.807, 2.05) is 0 Å². The van der Waals surface area contributed by atoms with Crippen LogP contribution < -0.4 is 10.6 Å². The Kier molecular flexibility index (Phi) is 32.7. The van der Waals surface area contributed by atoms with Crippen molar-refractivity contribution in [3.8, 4) is 0 Å². The lowest BCUT2D eigenvalue weighted by molar-refractivity contribution is 0.473. The number of nitrogens with zero attached hydrogens (tertiary/aromatic N) is 36. The lowest BCUT2D eigenvalue weighted by atomic mass is 9.96. The van der Waals surface area contributed by atoms with Gasteiger partial charge in [0.05, 0.1) is 44.8 Å². The monoisotopic (exact) mass is 1850 g/mol. The molecular formula is C76H154N38P8. The van der Waals surface area contributed by atoms with Gasteiger partial charge in [-0.1, -0.05) is 0 Å². The van der Waals surface area contributed by atoms with E-state index in [4.69, 9.17) is 47.9 Å². The molecule has 2 aromatic carbocycles. The average Bonchev–Trinajstić information content (AvgIpc) is 1.00. The van der Waals surface area contributed by atoms with Crippen LogP contribution in [0, 0.1) is 0 Å². The van der Waals surface area contributed by atoms with E-state index < -0.39 is 60.1 Å². The molecule has 0 aliphatic carbocycles. The highest BCUT2D eigenvalue weighted by Gasteiger charge is 2.42. The van der Waals surface area contributed by atoms with E-state index in [9.17, 15) is 0 Å². The van der Waals surface area contributed by atoms with Gasteiger partial charge in [0, 0.05) is 56.8 Å². The second-order valence-electron chi connectivity index (χ2n) is 35.3. The number of aromatic nitrogens is 4. The van der Waals surface area contributed by atoms with Gasteiger partial charge in [-0.3, -0.25) is 121 Å². The normalized spacial score (nSPS) is 14.9. The molecule has 4 aromatic heterocycles. The fraction of sp³-hybridized carbons (Fsp3) is 0.632. The van der Waals surface area contributed by atoms with Crippen molar-refractivity contribution in [2.24, 2.45) is 38.0 Å². The van der Waals surface area contributed by atoms with Gasteiger partial charge < -0.3 is 10.6 Å². The molecule has 0 atom stereocenters. The number of rotatable bonds is 32. The number of benzene rings is 2. The average molecular weight is 1850 g/mol. The Morgan fingerprint density at radius 3 is 0.639 bits per heavy atom. The zero-order chi connectivity index (χ0) is 92.7. The van der Waals surface area contributed by atoms with Crippen LogP contribution in [-0.4, -0.2) is 469 Å². The minimum atomic E-state index is -2.93. The van der Waals surface area contributed by atoms with Crippen molar-refractivity contribution in [3.63, 3.8) is 0 Å². The van der Waals surface area contributed by atoms with Gasteiger partial charge in [0.2, 0.25) is 0 Å². The topological polar surface area (TPSA) is 236 Å². The molecule has 0 saturated heterocycles. The molecular weight excluding hydrogens is 1690 g/mol. The second-order valence-corrected chi connectivity index (χ2v) is 64.7. The molecule has 688 valence electrons. The molecule has 0 bridgehead atoms. The first-order valence-corrected chi connectivity index (χ1v) is 53.1. The molecule has 0 unspecified atom stereocenters. The van der Waals surface area contributed by atoms with Gasteiger partial charge >= 0.3 is 0 Å². The first kappa shape index (κ1) is 103. The van der Waals surface area contributed by atoms with Crippen LogP contribution in [0.15, 0.2) is 98.4 Å². The van der Waals surface area contributed by atoms with Crippen LogP contribution in [0.3, 0.4) is 0 Å². The molecule has 0 amide bonds. The summed E-state index contributed by atoms with van der Waals surface area (Å²) in [6, 6.07) is 13.2. The van der Waals surface area contributed by atoms with E-state index >= 15 is 0 Å². The van der Waals surface area contributed by atoms with Crippen LogP contribution >= 0.6 is 60.1 Å². The first-order valence-electron chi connectivity index (χ1n) is 40.3. The van der Waals surface area contributed by atoms with Crippen molar-refractivity contribution in [3.05, 3.63) is 60.4 Å². The fourth-order valence-corrected chi connectivity index (χ4v) is 43.1. The number of anilines is 2. The Bertz CT molecular complexity index is 4980. The summed E-state index contributed by atoms with van der Waals surface area (Å²) < 4.78 is 108. The molecule has 2 aliphatic rings. The third-order valence-corrected chi connectivity index (χ3v) is 51.8. The zero-order valence-corrected chi connectivity index (χ0v) is 90.5. The predicted octanol–water partition coefficient (Wildman–Crippen LogP) is 15.6. The van der Waals surface area contributed by atoms with Crippen molar-refractivity contribution in [2.45, 2.75) is 0 Å². The van der Waals surface area contributed by atoms with Gasteiger partial charge in [0.25, 0.3) is 0 Å². The number of fused-ring (bicyclic) bond motifs is 9. The quantitative estimate of drug-likeness (QED) is 0.0295. The lowest BCUT2D eigenvalue weighted by Gasteiger charge is -2.42. The van der Waals surface area contributed by atoms with Gasteiger partial charge in [-0.15, -0.1) is 0 Å². The predicted molar refractivity (Wildman–Crippen MR) is 539 cm³/mol. The van der Waals surface area contributed by atoms with E-state index in [1.54, 1.807) is 0 Å². The van der Waals surface area contributed by atoms with Crippen LogP contribution in [-0.2, 0) is 0 Å². The van der Waals surface area contributed by atoms with Crippen molar-refractivity contribution in [1.29, 1.82) is 0 Å². The molecule has 6 aromatic rings. The van der Waals surface area contributed by atoms with Gasteiger partial charge in [-0.2, -0.15) is 0 Å². The summed E-state index contributed by atoms with van der Waals surface area (Å²) >= 11 is 0. The maximum atomic E-state index is 6.42. The maximum Gasteiger partial charge on any atom is 0.184 e. The highest BCUT2D eigenvalue weighted by molar-refractivity contribution is 7.61. The Labute approximate surface area is 734 Å². The van der Waals surface area contributed by atoms with E-state index in [0.717, 1.165) is 26.9 Å². The summed E-state index contributed by atoms with van der Waals surface area (Å²) in [5.74, 6) is 3.89. The minimum Gasteiger partial charge on any atom is -0.323 e. The number of hydrogen-bond acceptors (Lipinski definition) is 12. The largest absolute Gasteiger partial charge is 0.323 e. The zero-order valence-electron chi connectivity index (χ0n) is 83.3. The van der Waals surface area contributed by atoms with E-state index in [0.29, 0.717) is 85.1 Å². The summed E-state index contributed by atoms with van der Waals surface area (Å²) in [4.78, 5) is 12.7. The van der Waals surface area contributed by atoms with Crippen LogP contribution in [0.5, 0.6) is 0 Å². The van der Waals surface area contributed by atoms with Crippen molar-refractivity contribution in [1.82, 2.24) is 131 Å². The lowest BCUT2D eigenvalue weighted by Crippen LogP contribution is -2.31. The molecule has 0 fully saturated rings. The van der Waals surface area contributed by atoms with Gasteiger partial charge in [-0.25, -0.2) is 47.9 Å². The standard InChI is InChI=1S/C76H154N38P8/c1-89(2)115(90(3)4,91(5)6)81-63-53-59-69(83-117(95(13)14,96(15)16)97(17)18)57-49-51-113-65(79-73(85-119(101(25)26,102(27)28)103(29)30)75(113)87-121(107(37)38,108(39)40)109(41)42)55-61(57)77-71(59)68-67(63)64(82-116(92(7)8,93(9)10)94(11)12)54-60-70(84-118(98(19)20,99(21)22)100(23)24)58-50-52-114-66(56-62(58)78-72(60)68)80-74(86-120(104(31)32,105(33)34)106(35)36)76(114)88-122(110(43)44,111(45)46)112(47)48/h49-56,79-80H,1-48H3. The maximum absolute atomic E-state index is 6.42. The van der Waals surface area contributed by atoms with E-state index in [-0.39, 0.29) is 0 Å². The minimum absolute atomic E-state index is 0.608. The number of hydrogen-bond donors (Lipinski definition) is 2.